The summed E-state index contributed by atoms with van der Waals surface area (Å²) >= 11 is 0. The lowest BCUT2D eigenvalue weighted by atomic mass is 9.99. The van der Waals surface area contributed by atoms with Gasteiger partial charge in [-0.3, -0.25) is 10.1 Å². The Morgan fingerprint density at radius 2 is 2.00 bits per heavy atom. The first-order chi connectivity index (χ1) is 10.2. The standard InChI is InChI=1S/C16H22N2O3/c1-21-12-14(11-13-7-3-2-4-8-13)17-15-9-5-6-10-16(15)18(19)20/h2-4,7-8,14,17H,5-6,9-12H2,1H3/t14-/m0/s1. The molecular weight excluding hydrogens is 268 g/mol. The Balaban J connectivity index is 2.09. The van der Waals surface area contributed by atoms with Crippen LogP contribution < -0.4 is 5.32 Å². The Labute approximate surface area is 125 Å². The Kier molecular flexibility index (Phi) is 5.75. The molecule has 0 aliphatic heterocycles. The van der Waals surface area contributed by atoms with Gasteiger partial charge in [0.15, 0.2) is 0 Å². The molecule has 2 rings (SSSR count). The first-order valence-corrected chi connectivity index (χ1v) is 7.36. The van der Waals surface area contributed by atoms with Crippen LogP contribution in [0.25, 0.3) is 0 Å². The highest BCUT2D eigenvalue weighted by atomic mass is 16.6. The molecule has 0 saturated carbocycles. The number of nitrogens with one attached hydrogen (secondary N) is 1. The fourth-order valence-electron chi connectivity index (χ4n) is 2.74. The smallest absolute Gasteiger partial charge is 0.264 e. The quantitative estimate of drug-likeness (QED) is 0.619. The Bertz CT molecular complexity index is 500. The molecule has 0 amide bonds. The van der Waals surface area contributed by atoms with Crippen molar-refractivity contribution in [3.8, 4) is 0 Å². The van der Waals surface area contributed by atoms with E-state index in [0.29, 0.717) is 18.7 Å². The van der Waals surface area contributed by atoms with E-state index in [1.165, 1.54) is 5.56 Å². The minimum Gasteiger partial charge on any atom is -0.383 e. The maximum atomic E-state index is 11.1. The highest BCUT2D eigenvalue weighted by Crippen LogP contribution is 2.24. The second-order valence-corrected chi connectivity index (χ2v) is 5.38. The zero-order chi connectivity index (χ0) is 15.1. The van der Waals surface area contributed by atoms with Crippen molar-refractivity contribution in [1.29, 1.82) is 0 Å². The van der Waals surface area contributed by atoms with Gasteiger partial charge in [-0.15, -0.1) is 0 Å². The number of benzene rings is 1. The predicted octanol–water partition coefficient (Wildman–Crippen LogP) is 2.90. The van der Waals surface area contributed by atoms with E-state index in [9.17, 15) is 10.1 Å². The number of nitro groups is 1. The monoisotopic (exact) mass is 290 g/mol. The summed E-state index contributed by atoms with van der Waals surface area (Å²) in [5.41, 5.74) is 2.32. The molecular formula is C16H22N2O3. The molecule has 0 spiro atoms. The summed E-state index contributed by atoms with van der Waals surface area (Å²) in [6.45, 7) is 0.531. The van der Waals surface area contributed by atoms with E-state index in [0.717, 1.165) is 31.4 Å². The molecule has 0 radical (unpaired) electrons. The number of methoxy groups -OCH3 is 1. The fraction of sp³-hybridized carbons (Fsp3) is 0.500. The average Bonchev–Trinajstić information content (AvgIpc) is 2.49. The van der Waals surface area contributed by atoms with E-state index in [-0.39, 0.29) is 11.0 Å². The number of rotatable bonds is 7. The van der Waals surface area contributed by atoms with E-state index >= 15 is 0 Å². The highest BCUT2D eigenvalue weighted by molar-refractivity contribution is 5.17. The van der Waals surface area contributed by atoms with Crippen molar-refractivity contribution in [3.63, 3.8) is 0 Å². The molecule has 1 N–H and O–H groups in total. The Morgan fingerprint density at radius 1 is 1.29 bits per heavy atom. The molecule has 1 atom stereocenters. The molecule has 21 heavy (non-hydrogen) atoms. The fourth-order valence-corrected chi connectivity index (χ4v) is 2.74. The van der Waals surface area contributed by atoms with Gasteiger partial charge in [0.2, 0.25) is 0 Å². The van der Waals surface area contributed by atoms with Gasteiger partial charge in [-0.2, -0.15) is 0 Å². The van der Waals surface area contributed by atoms with Gasteiger partial charge in [0.05, 0.1) is 23.3 Å². The lowest BCUT2D eigenvalue weighted by Gasteiger charge is -2.23. The van der Waals surface area contributed by atoms with E-state index in [1.807, 2.05) is 18.2 Å². The van der Waals surface area contributed by atoms with Crippen molar-refractivity contribution >= 4 is 0 Å². The topological polar surface area (TPSA) is 64.4 Å². The number of nitrogens with zero attached hydrogens (tertiary/aromatic N) is 1. The molecule has 0 unspecified atom stereocenters. The van der Waals surface area contributed by atoms with Crippen LogP contribution in [0.3, 0.4) is 0 Å². The summed E-state index contributed by atoms with van der Waals surface area (Å²) in [5.74, 6) is 0. The minimum atomic E-state index is -0.242. The number of ether oxygens (including phenoxy) is 1. The van der Waals surface area contributed by atoms with Crippen molar-refractivity contribution in [2.75, 3.05) is 13.7 Å². The molecule has 0 fully saturated rings. The third-order valence-corrected chi connectivity index (χ3v) is 3.73. The average molecular weight is 290 g/mol. The third kappa shape index (κ3) is 4.56. The van der Waals surface area contributed by atoms with Gasteiger partial charge >= 0.3 is 0 Å². The van der Waals surface area contributed by atoms with Crippen LogP contribution in [-0.2, 0) is 11.2 Å². The SMILES string of the molecule is COC[C@H](Cc1ccccc1)NC1=C([N+](=O)[O-])CCCC1. The Hall–Kier alpha value is -1.88. The van der Waals surface area contributed by atoms with Crippen LogP contribution in [0.15, 0.2) is 41.7 Å². The summed E-state index contributed by atoms with van der Waals surface area (Å²) in [6.07, 6.45) is 4.01. The summed E-state index contributed by atoms with van der Waals surface area (Å²) in [4.78, 5) is 10.9. The van der Waals surface area contributed by atoms with Gasteiger partial charge in [0.1, 0.15) is 0 Å². The van der Waals surface area contributed by atoms with E-state index < -0.39 is 0 Å². The molecule has 1 aromatic carbocycles. The number of hydrogen-bond donors (Lipinski definition) is 1. The first kappa shape index (κ1) is 15.5. The van der Waals surface area contributed by atoms with Gasteiger partial charge in [0, 0.05) is 13.5 Å². The summed E-state index contributed by atoms with van der Waals surface area (Å²) in [6, 6.07) is 10.2. The summed E-state index contributed by atoms with van der Waals surface area (Å²) in [5, 5.41) is 14.5. The molecule has 5 nitrogen and oxygen atoms in total. The maximum absolute atomic E-state index is 11.1. The van der Waals surface area contributed by atoms with E-state index in [2.05, 4.69) is 17.4 Å². The van der Waals surface area contributed by atoms with Gasteiger partial charge in [-0.05, 0) is 31.2 Å². The van der Waals surface area contributed by atoms with Crippen LogP contribution >= 0.6 is 0 Å². The van der Waals surface area contributed by atoms with Crippen LogP contribution in [0.5, 0.6) is 0 Å². The zero-order valence-corrected chi connectivity index (χ0v) is 12.4. The number of allylic oxidation sites excluding steroid dienone is 2. The molecule has 114 valence electrons. The second kappa shape index (κ2) is 7.78. The zero-order valence-electron chi connectivity index (χ0n) is 12.4. The van der Waals surface area contributed by atoms with Crippen molar-refractivity contribution in [2.45, 2.75) is 38.1 Å². The molecule has 0 saturated heterocycles. The molecule has 0 bridgehead atoms. The molecule has 0 heterocycles. The lowest BCUT2D eigenvalue weighted by molar-refractivity contribution is -0.430. The molecule has 1 aliphatic rings. The second-order valence-electron chi connectivity index (χ2n) is 5.38. The summed E-state index contributed by atoms with van der Waals surface area (Å²) in [7, 11) is 1.66. The third-order valence-electron chi connectivity index (χ3n) is 3.73. The molecule has 0 aromatic heterocycles. The van der Waals surface area contributed by atoms with Crippen molar-refractivity contribution in [2.24, 2.45) is 0 Å². The van der Waals surface area contributed by atoms with Gasteiger partial charge < -0.3 is 10.1 Å². The van der Waals surface area contributed by atoms with Crippen molar-refractivity contribution < 1.29 is 9.66 Å². The van der Waals surface area contributed by atoms with Crippen molar-refractivity contribution in [1.82, 2.24) is 5.32 Å². The summed E-state index contributed by atoms with van der Waals surface area (Å²) < 4.78 is 5.26. The molecule has 1 aliphatic carbocycles. The predicted molar refractivity (Wildman–Crippen MR) is 81.4 cm³/mol. The molecule has 1 aromatic rings. The van der Waals surface area contributed by atoms with Crippen LogP contribution in [0.1, 0.15) is 31.2 Å². The number of hydrogen-bond acceptors (Lipinski definition) is 4. The lowest BCUT2D eigenvalue weighted by Crippen LogP contribution is -2.36. The van der Waals surface area contributed by atoms with Gasteiger partial charge in [-0.25, -0.2) is 0 Å². The van der Waals surface area contributed by atoms with Crippen LogP contribution in [0.4, 0.5) is 0 Å². The largest absolute Gasteiger partial charge is 0.383 e. The maximum Gasteiger partial charge on any atom is 0.264 e. The van der Waals surface area contributed by atoms with Gasteiger partial charge in [0.25, 0.3) is 5.70 Å². The van der Waals surface area contributed by atoms with E-state index in [4.69, 9.17) is 4.74 Å². The normalized spacial score (nSPS) is 16.6. The van der Waals surface area contributed by atoms with Gasteiger partial charge in [-0.1, -0.05) is 30.3 Å². The van der Waals surface area contributed by atoms with Crippen LogP contribution in [0, 0.1) is 10.1 Å². The minimum absolute atomic E-state index is 0.0560. The molecule has 5 heteroatoms. The van der Waals surface area contributed by atoms with Crippen LogP contribution in [-0.4, -0.2) is 24.7 Å². The first-order valence-electron chi connectivity index (χ1n) is 7.36. The Morgan fingerprint density at radius 3 is 2.67 bits per heavy atom. The van der Waals surface area contributed by atoms with E-state index in [1.54, 1.807) is 7.11 Å². The highest BCUT2D eigenvalue weighted by Gasteiger charge is 2.24. The van der Waals surface area contributed by atoms with Crippen molar-refractivity contribution in [3.05, 3.63) is 57.4 Å². The van der Waals surface area contributed by atoms with Crippen LogP contribution in [0.2, 0.25) is 0 Å².